The van der Waals surface area contributed by atoms with Crippen LogP contribution < -0.4 is 10.1 Å². The maximum absolute atomic E-state index is 12.4. The predicted molar refractivity (Wildman–Crippen MR) is 106 cm³/mol. The van der Waals surface area contributed by atoms with Crippen LogP contribution in [-0.4, -0.2) is 30.3 Å². The SMILES string of the molecule is O=C(Nc1cnn(COc2ccc(Br)cc2)c1)c1cc2ncc(Br)cn2n1. The Kier molecular flexibility index (Phi) is 4.90. The highest BCUT2D eigenvalue weighted by Crippen LogP contribution is 2.17. The predicted octanol–water partition coefficient (Wildman–Crippen LogP) is 3.74. The first-order valence-electron chi connectivity index (χ1n) is 7.80. The monoisotopic (exact) mass is 490 g/mol. The summed E-state index contributed by atoms with van der Waals surface area (Å²) in [6.07, 6.45) is 6.61. The van der Waals surface area contributed by atoms with Gasteiger partial charge >= 0.3 is 0 Å². The van der Waals surface area contributed by atoms with E-state index < -0.39 is 0 Å². The second kappa shape index (κ2) is 7.49. The Balaban J connectivity index is 1.40. The quantitative estimate of drug-likeness (QED) is 0.459. The number of ether oxygens (including phenoxy) is 1. The van der Waals surface area contributed by atoms with Gasteiger partial charge in [-0.1, -0.05) is 15.9 Å². The molecule has 4 rings (SSSR count). The van der Waals surface area contributed by atoms with Crippen molar-refractivity contribution in [2.45, 2.75) is 6.73 Å². The number of benzene rings is 1. The van der Waals surface area contributed by atoms with Gasteiger partial charge in [0.15, 0.2) is 18.1 Å². The van der Waals surface area contributed by atoms with Crippen LogP contribution in [0.5, 0.6) is 5.75 Å². The molecule has 3 aromatic heterocycles. The van der Waals surface area contributed by atoms with Gasteiger partial charge in [0.05, 0.1) is 22.6 Å². The van der Waals surface area contributed by atoms with Crippen LogP contribution in [0.4, 0.5) is 5.69 Å². The maximum atomic E-state index is 12.4. The number of carbonyl (C=O) groups is 1. The van der Waals surface area contributed by atoms with Crippen LogP contribution in [0.25, 0.3) is 5.65 Å². The molecule has 1 aromatic carbocycles. The number of fused-ring (bicyclic) bond motifs is 1. The fraction of sp³-hybridized carbons (Fsp3) is 0.0588. The second-order valence-corrected chi connectivity index (χ2v) is 7.39. The van der Waals surface area contributed by atoms with E-state index in [1.54, 1.807) is 35.5 Å². The highest BCUT2D eigenvalue weighted by Gasteiger charge is 2.13. The average Bonchev–Trinajstić information content (AvgIpc) is 3.27. The van der Waals surface area contributed by atoms with Gasteiger partial charge < -0.3 is 10.1 Å². The smallest absolute Gasteiger partial charge is 0.276 e. The number of hydrogen-bond donors (Lipinski definition) is 1. The van der Waals surface area contributed by atoms with Gasteiger partial charge in [0.25, 0.3) is 5.91 Å². The van der Waals surface area contributed by atoms with Crippen molar-refractivity contribution < 1.29 is 9.53 Å². The maximum Gasteiger partial charge on any atom is 0.276 e. The summed E-state index contributed by atoms with van der Waals surface area (Å²) >= 11 is 6.70. The van der Waals surface area contributed by atoms with Crippen molar-refractivity contribution in [3.8, 4) is 5.75 Å². The Morgan fingerprint density at radius 2 is 1.93 bits per heavy atom. The minimum atomic E-state index is -0.343. The normalized spacial score (nSPS) is 10.9. The standard InChI is InChI=1S/C17H12Br2N6O2/c18-11-1-3-14(4-2-11)27-10-24-9-13(7-21-24)22-17(26)15-5-16-20-6-12(19)8-25(16)23-15/h1-9H,10H2,(H,22,26). The lowest BCUT2D eigenvalue weighted by molar-refractivity contribution is 0.102. The first-order chi connectivity index (χ1) is 13.1. The number of halogens is 2. The lowest BCUT2D eigenvalue weighted by atomic mass is 10.3. The molecule has 10 heteroatoms. The van der Waals surface area contributed by atoms with Gasteiger partial charge in [-0.2, -0.15) is 10.2 Å². The zero-order valence-corrected chi connectivity index (χ0v) is 16.9. The molecule has 136 valence electrons. The van der Waals surface area contributed by atoms with E-state index >= 15 is 0 Å². The number of rotatable bonds is 5. The molecule has 27 heavy (non-hydrogen) atoms. The van der Waals surface area contributed by atoms with Crippen LogP contribution in [0.1, 0.15) is 10.5 Å². The molecule has 0 atom stereocenters. The van der Waals surface area contributed by atoms with Crippen LogP contribution in [0.2, 0.25) is 0 Å². The van der Waals surface area contributed by atoms with Gasteiger partial charge in [-0.15, -0.1) is 0 Å². The molecule has 1 amide bonds. The number of nitrogens with one attached hydrogen (secondary N) is 1. The topological polar surface area (TPSA) is 86.3 Å². The summed E-state index contributed by atoms with van der Waals surface area (Å²) in [5, 5.41) is 11.1. The second-order valence-electron chi connectivity index (χ2n) is 5.55. The molecular weight excluding hydrogens is 480 g/mol. The minimum Gasteiger partial charge on any atom is -0.471 e. The Labute approximate surface area is 170 Å². The third-order valence-electron chi connectivity index (χ3n) is 3.58. The van der Waals surface area contributed by atoms with Crippen LogP contribution in [0.3, 0.4) is 0 Å². The molecule has 4 aromatic rings. The molecule has 0 bridgehead atoms. The van der Waals surface area contributed by atoms with Crippen molar-refractivity contribution in [2.24, 2.45) is 0 Å². The summed E-state index contributed by atoms with van der Waals surface area (Å²) in [4.78, 5) is 16.6. The molecule has 0 aliphatic heterocycles. The largest absolute Gasteiger partial charge is 0.471 e. The van der Waals surface area contributed by atoms with E-state index in [-0.39, 0.29) is 18.3 Å². The minimum absolute atomic E-state index is 0.226. The summed E-state index contributed by atoms with van der Waals surface area (Å²) in [6.45, 7) is 0.226. The Morgan fingerprint density at radius 3 is 2.74 bits per heavy atom. The number of amides is 1. The third-order valence-corrected chi connectivity index (χ3v) is 4.52. The van der Waals surface area contributed by atoms with E-state index in [0.717, 1.165) is 14.7 Å². The highest BCUT2D eigenvalue weighted by atomic mass is 79.9. The lowest BCUT2D eigenvalue weighted by Crippen LogP contribution is -2.12. The fourth-order valence-corrected chi connectivity index (χ4v) is 2.89. The van der Waals surface area contributed by atoms with E-state index in [1.807, 2.05) is 24.3 Å². The first kappa shape index (κ1) is 17.7. The number of anilines is 1. The molecule has 8 nitrogen and oxygen atoms in total. The van der Waals surface area contributed by atoms with Gasteiger partial charge in [0.2, 0.25) is 0 Å². The van der Waals surface area contributed by atoms with Crippen LogP contribution >= 0.6 is 31.9 Å². The summed E-state index contributed by atoms with van der Waals surface area (Å²) in [5.74, 6) is 0.382. The van der Waals surface area contributed by atoms with Crippen molar-refractivity contribution in [3.05, 3.63) is 69.8 Å². The Hall–Kier alpha value is -2.72. The zero-order valence-electron chi connectivity index (χ0n) is 13.7. The average molecular weight is 492 g/mol. The van der Waals surface area contributed by atoms with E-state index in [9.17, 15) is 4.79 Å². The van der Waals surface area contributed by atoms with E-state index in [0.29, 0.717) is 11.3 Å². The molecule has 0 aliphatic carbocycles. The number of aromatic nitrogens is 5. The lowest BCUT2D eigenvalue weighted by Gasteiger charge is -2.05. The summed E-state index contributed by atoms with van der Waals surface area (Å²) in [7, 11) is 0. The summed E-state index contributed by atoms with van der Waals surface area (Å²) in [5.41, 5.74) is 1.40. The molecule has 0 saturated carbocycles. The summed E-state index contributed by atoms with van der Waals surface area (Å²) in [6, 6.07) is 9.11. The van der Waals surface area contributed by atoms with Crippen molar-refractivity contribution in [2.75, 3.05) is 5.32 Å². The van der Waals surface area contributed by atoms with Crippen LogP contribution in [0, 0.1) is 0 Å². The van der Waals surface area contributed by atoms with Crippen molar-refractivity contribution >= 4 is 49.1 Å². The molecule has 3 heterocycles. The van der Waals surface area contributed by atoms with Gasteiger partial charge in [-0.3, -0.25) is 4.79 Å². The molecule has 0 radical (unpaired) electrons. The van der Waals surface area contributed by atoms with E-state index in [2.05, 4.69) is 52.4 Å². The number of nitrogens with zero attached hydrogens (tertiary/aromatic N) is 5. The molecule has 0 aliphatic rings. The van der Waals surface area contributed by atoms with Crippen molar-refractivity contribution in [3.63, 3.8) is 0 Å². The van der Waals surface area contributed by atoms with Gasteiger partial charge in [0.1, 0.15) is 5.75 Å². The number of carbonyl (C=O) groups excluding carboxylic acids is 1. The molecule has 0 fully saturated rings. The van der Waals surface area contributed by atoms with Crippen molar-refractivity contribution in [1.29, 1.82) is 0 Å². The third kappa shape index (κ3) is 4.17. The number of hydrogen-bond acceptors (Lipinski definition) is 5. The fourth-order valence-electron chi connectivity index (χ4n) is 2.33. The molecular formula is C17H12Br2N6O2. The zero-order chi connectivity index (χ0) is 18.8. The molecule has 0 saturated heterocycles. The van der Waals surface area contributed by atoms with Gasteiger partial charge in [-0.25, -0.2) is 14.2 Å². The Morgan fingerprint density at radius 1 is 1.11 bits per heavy atom. The van der Waals surface area contributed by atoms with Crippen LogP contribution in [-0.2, 0) is 6.73 Å². The van der Waals surface area contributed by atoms with Crippen LogP contribution in [0.15, 0.2) is 64.1 Å². The van der Waals surface area contributed by atoms with Gasteiger partial charge in [0, 0.05) is 22.9 Å². The van der Waals surface area contributed by atoms with Gasteiger partial charge in [-0.05, 0) is 40.2 Å². The summed E-state index contributed by atoms with van der Waals surface area (Å²) < 4.78 is 10.5. The first-order valence-corrected chi connectivity index (χ1v) is 9.38. The molecule has 0 spiro atoms. The Bertz CT molecular complexity index is 1110. The van der Waals surface area contributed by atoms with E-state index in [1.165, 1.54) is 4.52 Å². The highest BCUT2D eigenvalue weighted by molar-refractivity contribution is 9.10. The molecule has 0 unspecified atom stereocenters. The van der Waals surface area contributed by atoms with Crippen molar-refractivity contribution in [1.82, 2.24) is 24.4 Å². The van der Waals surface area contributed by atoms with E-state index in [4.69, 9.17) is 4.74 Å². The molecule has 1 N–H and O–H groups in total.